The Kier molecular flexibility index (Phi) is 6.31. The summed E-state index contributed by atoms with van der Waals surface area (Å²) in [5.74, 6) is 0.614. The Labute approximate surface area is 174 Å². The molecule has 1 N–H and O–H groups in total. The molecule has 1 heterocycles. The Hall–Kier alpha value is -2.45. The summed E-state index contributed by atoms with van der Waals surface area (Å²) < 4.78 is 24.7. The largest absolute Gasteiger partial charge is 0.493 e. The maximum atomic E-state index is 13.4. The van der Waals surface area contributed by atoms with Crippen LogP contribution in [0.2, 0.25) is 0 Å². The highest BCUT2D eigenvalue weighted by atomic mass is 79.9. The Bertz CT molecular complexity index is 1020. The maximum absolute atomic E-state index is 13.4. The zero-order valence-corrected chi connectivity index (χ0v) is 17.9. The predicted octanol–water partition coefficient (Wildman–Crippen LogP) is 4.97. The first-order chi connectivity index (χ1) is 13.4. The molecule has 0 spiro atoms. The molecule has 3 rings (SSSR count). The van der Waals surface area contributed by atoms with E-state index in [1.807, 2.05) is 12.1 Å². The van der Waals surface area contributed by atoms with Gasteiger partial charge < -0.3 is 14.8 Å². The van der Waals surface area contributed by atoms with Crippen molar-refractivity contribution >= 4 is 33.2 Å². The van der Waals surface area contributed by atoms with E-state index in [1.54, 1.807) is 33.3 Å². The van der Waals surface area contributed by atoms with Gasteiger partial charge in [0.15, 0.2) is 11.5 Å². The van der Waals surface area contributed by atoms with Gasteiger partial charge in [-0.05, 0) is 48.9 Å². The number of aryl methyl sites for hydroxylation is 1. The first-order valence-corrected chi connectivity index (χ1v) is 9.95. The smallest absolute Gasteiger partial charge is 0.263 e. The number of ether oxygens (including phenoxy) is 2. The summed E-state index contributed by atoms with van der Waals surface area (Å²) in [6.07, 6.45) is 0. The van der Waals surface area contributed by atoms with Crippen LogP contribution < -0.4 is 14.8 Å². The van der Waals surface area contributed by atoms with Crippen molar-refractivity contribution < 1.29 is 18.7 Å². The standard InChI is InChI=1S/C20H18BrFN2O3S/c1-11-18(19(25)23-10-13-8-14(22)5-6-15(13)21)28-20(24-11)12-4-7-16(26-2)17(9-12)27-3/h4-9H,10H2,1-3H3,(H,23,25). The molecule has 0 saturated heterocycles. The van der Waals surface area contributed by atoms with Crippen molar-refractivity contribution in [2.75, 3.05) is 14.2 Å². The number of nitrogens with zero attached hydrogens (tertiary/aromatic N) is 1. The van der Waals surface area contributed by atoms with E-state index < -0.39 is 0 Å². The van der Waals surface area contributed by atoms with Crippen LogP contribution in [0.25, 0.3) is 10.6 Å². The summed E-state index contributed by atoms with van der Waals surface area (Å²) in [6, 6.07) is 9.85. The second-order valence-electron chi connectivity index (χ2n) is 5.92. The molecule has 3 aromatic rings. The lowest BCUT2D eigenvalue weighted by Gasteiger charge is -2.08. The first-order valence-electron chi connectivity index (χ1n) is 8.35. The van der Waals surface area contributed by atoms with E-state index >= 15 is 0 Å². The number of amides is 1. The summed E-state index contributed by atoms with van der Waals surface area (Å²) in [5, 5.41) is 3.52. The third-order valence-electron chi connectivity index (χ3n) is 4.08. The average Bonchev–Trinajstić information content (AvgIpc) is 3.09. The molecular weight excluding hydrogens is 447 g/mol. The highest BCUT2D eigenvalue weighted by molar-refractivity contribution is 9.10. The van der Waals surface area contributed by atoms with Gasteiger partial charge >= 0.3 is 0 Å². The number of nitrogens with one attached hydrogen (secondary N) is 1. The quantitative estimate of drug-likeness (QED) is 0.559. The molecule has 0 aliphatic heterocycles. The molecule has 0 saturated carbocycles. The molecule has 1 aromatic heterocycles. The van der Waals surface area contributed by atoms with Crippen LogP contribution in [0.15, 0.2) is 40.9 Å². The van der Waals surface area contributed by atoms with Crippen molar-refractivity contribution in [3.8, 4) is 22.1 Å². The van der Waals surface area contributed by atoms with E-state index in [9.17, 15) is 9.18 Å². The van der Waals surface area contributed by atoms with Crippen LogP contribution in [0.1, 0.15) is 20.9 Å². The fourth-order valence-electron chi connectivity index (χ4n) is 2.63. The van der Waals surface area contributed by atoms with Crippen LogP contribution in [-0.2, 0) is 6.54 Å². The van der Waals surface area contributed by atoms with Crippen molar-refractivity contribution in [1.29, 1.82) is 0 Å². The Morgan fingerprint density at radius 1 is 1.18 bits per heavy atom. The molecule has 28 heavy (non-hydrogen) atoms. The summed E-state index contributed by atoms with van der Waals surface area (Å²) in [6.45, 7) is 1.99. The van der Waals surface area contributed by atoms with Crippen molar-refractivity contribution in [3.63, 3.8) is 0 Å². The molecule has 8 heteroatoms. The van der Waals surface area contributed by atoms with Crippen molar-refractivity contribution in [3.05, 3.63) is 62.8 Å². The highest BCUT2D eigenvalue weighted by Gasteiger charge is 2.17. The number of hydrogen-bond acceptors (Lipinski definition) is 5. The number of carbonyl (C=O) groups is 1. The second kappa shape index (κ2) is 8.70. The zero-order chi connectivity index (χ0) is 20.3. The molecule has 0 radical (unpaired) electrons. The molecular formula is C20H18BrFN2O3S. The molecule has 0 unspecified atom stereocenters. The summed E-state index contributed by atoms with van der Waals surface area (Å²) >= 11 is 4.65. The van der Waals surface area contributed by atoms with Crippen LogP contribution in [-0.4, -0.2) is 25.1 Å². The summed E-state index contributed by atoms with van der Waals surface area (Å²) in [7, 11) is 3.14. The SMILES string of the molecule is COc1ccc(-c2nc(C)c(C(=O)NCc3cc(F)ccc3Br)s2)cc1OC. The molecule has 2 aromatic carbocycles. The van der Waals surface area contributed by atoms with Crippen molar-refractivity contribution in [2.24, 2.45) is 0 Å². The van der Waals surface area contributed by atoms with Gasteiger partial charge in [-0.3, -0.25) is 4.79 Å². The number of methoxy groups -OCH3 is 2. The molecule has 146 valence electrons. The van der Waals surface area contributed by atoms with Gasteiger partial charge in [0.2, 0.25) is 0 Å². The molecule has 1 amide bonds. The molecule has 0 aliphatic carbocycles. The Morgan fingerprint density at radius 2 is 1.93 bits per heavy atom. The second-order valence-corrected chi connectivity index (χ2v) is 7.78. The van der Waals surface area contributed by atoms with E-state index in [4.69, 9.17) is 9.47 Å². The first kappa shape index (κ1) is 20.3. The number of aromatic nitrogens is 1. The lowest BCUT2D eigenvalue weighted by Crippen LogP contribution is -2.22. The van der Waals surface area contributed by atoms with Gasteiger partial charge in [-0.25, -0.2) is 9.37 Å². The van der Waals surface area contributed by atoms with Gasteiger partial charge in [-0.1, -0.05) is 15.9 Å². The average molecular weight is 465 g/mol. The number of rotatable bonds is 6. The third-order valence-corrected chi connectivity index (χ3v) is 6.06. The maximum Gasteiger partial charge on any atom is 0.263 e. The minimum atomic E-state index is -0.350. The van der Waals surface area contributed by atoms with Crippen molar-refractivity contribution in [1.82, 2.24) is 10.3 Å². The zero-order valence-electron chi connectivity index (χ0n) is 15.5. The van der Waals surface area contributed by atoms with E-state index in [0.29, 0.717) is 32.6 Å². The number of benzene rings is 2. The van der Waals surface area contributed by atoms with Crippen LogP contribution in [0.5, 0.6) is 11.5 Å². The summed E-state index contributed by atoms with van der Waals surface area (Å²) in [5.41, 5.74) is 2.12. The number of carbonyl (C=O) groups excluding carboxylic acids is 1. The lowest BCUT2D eigenvalue weighted by atomic mass is 10.2. The Morgan fingerprint density at radius 3 is 2.64 bits per heavy atom. The van der Waals surface area contributed by atoms with Gasteiger partial charge in [0, 0.05) is 16.6 Å². The number of hydrogen-bond donors (Lipinski definition) is 1. The van der Waals surface area contributed by atoms with E-state index in [0.717, 1.165) is 10.0 Å². The predicted molar refractivity (Wildman–Crippen MR) is 111 cm³/mol. The highest BCUT2D eigenvalue weighted by Crippen LogP contribution is 2.35. The minimum Gasteiger partial charge on any atom is -0.493 e. The van der Waals surface area contributed by atoms with E-state index in [1.165, 1.54) is 23.5 Å². The van der Waals surface area contributed by atoms with Crippen LogP contribution in [0, 0.1) is 12.7 Å². The summed E-state index contributed by atoms with van der Waals surface area (Å²) in [4.78, 5) is 17.6. The van der Waals surface area contributed by atoms with Crippen LogP contribution >= 0.6 is 27.3 Å². The van der Waals surface area contributed by atoms with Crippen LogP contribution in [0.3, 0.4) is 0 Å². The lowest BCUT2D eigenvalue weighted by molar-refractivity contribution is 0.0954. The van der Waals surface area contributed by atoms with Gasteiger partial charge in [0.05, 0.1) is 19.9 Å². The van der Waals surface area contributed by atoms with Crippen LogP contribution in [0.4, 0.5) is 4.39 Å². The molecule has 0 aliphatic rings. The number of halogens is 2. The molecule has 0 fully saturated rings. The third kappa shape index (κ3) is 4.34. The molecule has 0 atom stereocenters. The van der Waals surface area contributed by atoms with E-state index in [2.05, 4.69) is 26.2 Å². The normalized spacial score (nSPS) is 10.6. The Balaban J connectivity index is 1.80. The molecule has 5 nitrogen and oxygen atoms in total. The van der Waals surface area contributed by atoms with Gasteiger partial charge in [-0.15, -0.1) is 11.3 Å². The monoisotopic (exact) mass is 464 g/mol. The number of thiazole rings is 1. The topological polar surface area (TPSA) is 60.5 Å². The fraction of sp³-hybridized carbons (Fsp3) is 0.200. The van der Waals surface area contributed by atoms with Gasteiger partial charge in [0.1, 0.15) is 15.7 Å². The fourth-order valence-corrected chi connectivity index (χ4v) is 4.00. The van der Waals surface area contributed by atoms with E-state index in [-0.39, 0.29) is 18.3 Å². The van der Waals surface area contributed by atoms with Gasteiger partial charge in [-0.2, -0.15) is 0 Å². The molecule has 0 bridgehead atoms. The van der Waals surface area contributed by atoms with Crippen molar-refractivity contribution in [2.45, 2.75) is 13.5 Å². The van der Waals surface area contributed by atoms with Gasteiger partial charge in [0.25, 0.3) is 5.91 Å². The minimum absolute atomic E-state index is 0.209.